The summed E-state index contributed by atoms with van der Waals surface area (Å²) in [5, 5.41) is 9.51. The van der Waals surface area contributed by atoms with Crippen molar-refractivity contribution in [1.29, 1.82) is 0 Å². The minimum absolute atomic E-state index is 0.230. The van der Waals surface area contributed by atoms with Crippen LogP contribution < -0.4 is 4.74 Å². The number of piperazine rings is 1. The molecule has 0 unspecified atom stereocenters. The van der Waals surface area contributed by atoms with Gasteiger partial charge >= 0.3 is 0 Å². The molecule has 1 aliphatic rings. The smallest absolute Gasteiger partial charge is 0.123 e. The maximum absolute atomic E-state index is 13.4. The van der Waals surface area contributed by atoms with Crippen LogP contribution in [0.4, 0.5) is 4.39 Å². The molecule has 1 fully saturated rings. The van der Waals surface area contributed by atoms with Gasteiger partial charge in [0.15, 0.2) is 0 Å². The van der Waals surface area contributed by atoms with Gasteiger partial charge in [-0.3, -0.25) is 9.80 Å². The highest BCUT2D eigenvalue weighted by Crippen LogP contribution is 2.22. The molecular formula is C16H25FN2O2. The molecule has 0 bridgehead atoms. The Morgan fingerprint density at radius 1 is 1.43 bits per heavy atom. The van der Waals surface area contributed by atoms with E-state index in [1.807, 2.05) is 6.92 Å². The first-order chi connectivity index (χ1) is 9.99. The van der Waals surface area contributed by atoms with Gasteiger partial charge in [0.05, 0.1) is 13.2 Å². The number of halogens is 1. The molecule has 21 heavy (non-hydrogen) atoms. The number of hydrogen-bond acceptors (Lipinski definition) is 4. The van der Waals surface area contributed by atoms with Gasteiger partial charge in [0.2, 0.25) is 0 Å². The molecule has 118 valence electrons. The molecule has 0 radical (unpaired) electrons. The van der Waals surface area contributed by atoms with Gasteiger partial charge in [0.25, 0.3) is 0 Å². The van der Waals surface area contributed by atoms with Crippen molar-refractivity contribution in [3.05, 3.63) is 29.6 Å². The Hall–Kier alpha value is -1.17. The second kappa shape index (κ2) is 7.20. The van der Waals surface area contributed by atoms with Crippen molar-refractivity contribution < 1.29 is 14.2 Å². The Morgan fingerprint density at radius 3 is 2.81 bits per heavy atom. The van der Waals surface area contributed by atoms with E-state index in [2.05, 4.69) is 16.7 Å². The zero-order valence-electron chi connectivity index (χ0n) is 13.1. The third-order valence-electron chi connectivity index (χ3n) is 3.98. The van der Waals surface area contributed by atoms with Crippen LogP contribution in [0.15, 0.2) is 18.2 Å². The molecule has 0 aliphatic carbocycles. The molecule has 1 aromatic carbocycles. The zero-order valence-corrected chi connectivity index (χ0v) is 13.1. The normalized spacial score (nSPS) is 22.2. The Kier molecular flexibility index (Phi) is 5.56. The summed E-state index contributed by atoms with van der Waals surface area (Å²) in [6, 6.07) is 5.03. The molecule has 0 saturated carbocycles. The summed E-state index contributed by atoms with van der Waals surface area (Å²) in [6.45, 7) is 8.12. The quantitative estimate of drug-likeness (QED) is 0.897. The summed E-state index contributed by atoms with van der Waals surface area (Å²) >= 11 is 0. The molecule has 1 N–H and O–H groups in total. The van der Waals surface area contributed by atoms with E-state index in [-0.39, 0.29) is 11.9 Å². The Morgan fingerprint density at radius 2 is 2.19 bits per heavy atom. The number of aliphatic hydroxyl groups excluding tert-OH is 1. The van der Waals surface area contributed by atoms with E-state index >= 15 is 0 Å². The maximum Gasteiger partial charge on any atom is 0.123 e. The van der Waals surface area contributed by atoms with E-state index in [0.717, 1.165) is 30.9 Å². The summed E-state index contributed by atoms with van der Waals surface area (Å²) in [6.07, 6.45) is -0.303. The first-order valence-electron chi connectivity index (χ1n) is 7.46. The number of ether oxygens (including phenoxy) is 1. The Balaban J connectivity index is 1.98. The molecule has 1 aromatic rings. The molecule has 5 heteroatoms. The van der Waals surface area contributed by atoms with Crippen LogP contribution in [-0.4, -0.2) is 60.3 Å². The molecule has 1 saturated heterocycles. The van der Waals surface area contributed by atoms with Crippen molar-refractivity contribution in [2.75, 3.05) is 33.3 Å². The van der Waals surface area contributed by atoms with Crippen molar-refractivity contribution in [3.63, 3.8) is 0 Å². The zero-order chi connectivity index (χ0) is 15.4. The Labute approximate surface area is 126 Å². The number of methoxy groups -OCH3 is 1. The first kappa shape index (κ1) is 16.2. The SMILES string of the molecule is COc1ccc(F)cc1CN1CCN(C[C@@H](C)O)[C@H](C)C1. The lowest BCUT2D eigenvalue weighted by molar-refractivity contribution is 0.0420. The van der Waals surface area contributed by atoms with Gasteiger partial charge < -0.3 is 9.84 Å². The molecule has 2 rings (SSSR count). The molecule has 2 atom stereocenters. The highest BCUT2D eigenvalue weighted by atomic mass is 19.1. The van der Waals surface area contributed by atoms with E-state index in [1.54, 1.807) is 19.2 Å². The lowest BCUT2D eigenvalue weighted by Crippen LogP contribution is -2.53. The fraction of sp³-hybridized carbons (Fsp3) is 0.625. The van der Waals surface area contributed by atoms with Crippen molar-refractivity contribution in [2.45, 2.75) is 32.5 Å². The molecule has 1 aliphatic heterocycles. The van der Waals surface area contributed by atoms with Crippen molar-refractivity contribution in [3.8, 4) is 5.75 Å². The predicted octanol–water partition coefficient (Wildman–Crippen LogP) is 1.72. The van der Waals surface area contributed by atoms with Gasteiger partial charge in [-0.05, 0) is 32.0 Å². The number of rotatable bonds is 5. The number of nitrogens with zero attached hydrogens (tertiary/aromatic N) is 2. The van der Waals surface area contributed by atoms with Crippen molar-refractivity contribution in [1.82, 2.24) is 9.80 Å². The second-order valence-corrected chi connectivity index (χ2v) is 5.88. The summed E-state index contributed by atoms with van der Waals surface area (Å²) in [7, 11) is 1.61. The van der Waals surface area contributed by atoms with E-state index in [4.69, 9.17) is 4.74 Å². The van der Waals surface area contributed by atoms with Crippen LogP contribution >= 0.6 is 0 Å². The fourth-order valence-corrected chi connectivity index (χ4v) is 2.94. The monoisotopic (exact) mass is 296 g/mol. The highest BCUT2D eigenvalue weighted by Gasteiger charge is 2.25. The lowest BCUT2D eigenvalue weighted by atomic mass is 10.1. The van der Waals surface area contributed by atoms with Gasteiger partial charge in [-0.25, -0.2) is 4.39 Å². The van der Waals surface area contributed by atoms with Gasteiger partial charge in [0, 0.05) is 44.3 Å². The second-order valence-electron chi connectivity index (χ2n) is 5.88. The standard InChI is InChI=1S/C16H25FN2O2/c1-12-9-18(6-7-19(12)10-13(2)20)11-14-8-15(17)4-5-16(14)21-3/h4-5,8,12-13,20H,6-7,9-11H2,1-3H3/t12-,13-/m1/s1. The van der Waals surface area contributed by atoms with E-state index in [1.165, 1.54) is 6.07 Å². The van der Waals surface area contributed by atoms with E-state index in [0.29, 0.717) is 19.1 Å². The van der Waals surface area contributed by atoms with Crippen LogP contribution in [0.5, 0.6) is 5.75 Å². The van der Waals surface area contributed by atoms with Gasteiger partial charge in [0.1, 0.15) is 11.6 Å². The van der Waals surface area contributed by atoms with Crippen LogP contribution in [0, 0.1) is 5.82 Å². The van der Waals surface area contributed by atoms with Crippen molar-refractivity contribution in [2.24, 2.45) is 0 Å². The average molecular weight is 296 g/mol. The minimum Gasteiger partial charge on any atom is -0.496 e. The molecule has 4 nitrogen and oxygen atoms in total. The number of β-amino-alcohol motifs (C(OH)–C–C–N with tert-alkyl or cyclic N) is 1. The van der Waals surface area contributed by atoms with Gasteiger partial charge in [-0.1, -0.05) is 0 Å². The van der Waals surface area contributed by atoms with Crippen LogP contribution in [0.3, 0.4) is 0 Å². The highest BCUT2D eigenvalue weighted by molar-refractivity contribution is 5.33. The minimum atomic E-state index is -0.303. The van der Waals surface area contributed by atoms with Gasteiger partial charge in [-0.2, -0.15) is 0 Å². The number of hydrogen-bond donors (Lipinski definition) is 1. The molecule has 1 heterocycles. The predicted molar refractivity (Wildman–Crippen MR) is 80.9 cm³/mol. The largest absolute Gasteiger partial charge is 0.496 e. The fourth-order valence-electron chi connectivity index (χ4n) is 2.94. The molecule has 0 amide bonds. The van der Waals surface area contributed by atoms with Crippen LogP contribution in [0.1, 0.15) is 19.4 Å². The lowest BCUT2D eigenvalue weighted by Gasteiger charge is -2.40. The third kappa shape index (κ3) is 4.40. The first-order valence-corrected chi connectivity index (χ1v) is 7.46. The van der Waals surface area contributed by atoms with Crippen LogP contribution in [0.2, 0.25) is 0 Å². The summed E-state index contributed by atoms with van der Waals surface area (Å²) in [5.41, 5.74) is 0.883. The Bertz CT molecular complexity index is 468. The third-order valence-corrected chi connectivity index (χ3v) is 3.98. The maximum atomic E-state index is 13.4. The molecule has 0 aromatic heterocycles. The summed E-state index contributed by atoms with van der Waals surface area (Å²) in [4.78, 5) is 4.60. The van der Waals surface area contributed by atoms with E-state index in [9.17, 15) is 9.50 Å². The topological polar surface area (TPSA) is 35.9 Å². The summed E-state index contributed by atoms with van der Waals surface area (Å²) in [5.74, 6) is 0.502. The number of aliphatic hydroxyl groups is 1. The van der Waals surface area contributed by atoms with Gasteiger partial charge in [-0.15, -0.1) is 0 Å². The van der Waals surface area contributed by atoms with Crippen molar-refractivity contribution >= 4 is 0 Å². The van der Waals surface area contributed by atoms with Crippen LogP contribution in [-0.2, 0) is 6.54 Å². The number of benzene rings is 1. The van der Waals surface area contributed by atoms with E-state index < -0.39 is 0 Å². The average Bonchev–Trinajstić information content (AvgIpc) is 2.42. The van der Waals surface area contributed by atoms with Crippen LogP contribution in [0.25, 0.3) is 0 Å². The summed E-state index contributed by atoms with van der Waals surface area (Å²) < 4.78 is 18.7. The molecular weight excluding hydrogens is 271 g/mol. The molecule has 0 spiro atoms.